The smallest absolute Gasteiger partial charge is 0.226 e. The summed E-state index contributed by atoms with van der Waals surface area (Å²) in [6.07, 6.45) is 4.10. The zero-order chi connectivity index (χ0) is 15.1. The van der Waals surface area contributed by atoms with Gasteiger partial charge in [-0.1, -0.05) is 6.92 Å². The molecule has 2 fully saturated rings. The first-order valence-corrected chi connectivity index (χ1v) is 9.99. The average Bonchev–Trinajstić information content (AvgIpc) is 3.08. The second kappa shape index (κ2) is 5.35. The first-order valence-electron chi connectivity index (χ1n) is 7.29. The Kier molecular flexibility index (Phi) is 3.81. The van der Waals surface area contributed by atoms with Gasteiger partial charge in [0.1, 0.15) is 0 Å². The molecule has 1 aromatic rings. The summed E-state index contributed by atoms with van der Waals surface area (Å²) >= 11 is 1.67. The Bertz CT molecular complexity index is 617. The summed E-state index contributed by atoms with van der Waals surface area (Å²) in [5.41, 5.74) is 0.0483. The Morgan fingerprint density at radius 1 is 1.43 bits per heavy atom. The Hall–Kier alpha value is -0.950. The van der Waals surface area contributed by atoms with Crippen molar-refractivity contribution in [2.24, 2.45) is 5.92 Å². The highest BCUT2D eigenvalue weighted by atomic mass is 32.2. The lowest BCUT2D eigenvalue weighted by Gasteiger charge is -2.39. The minimum absolute atomic E-state index is 0.0252. The van der Waals surface area contributed by atoms with Crippen LogP contribution in [0.5, 0.6) is 0 Å². The quantitative estimate of drug-likeness (QED) is 0.824. The highest BCUT2D eigenvalue weighted by molar-refractivity contribution is 7.91. The van der Waals surface area contributed by atoms with Gasteiger partial charge in [0.05, 0.1) is 22.4 Å². The van der Waals surface area contributed by atoms with Gasteiger partial charge in [-0.25, -0.2) is 13.4 Å². The van der Waals surface area contributed by atoms with Crippen molar-refractivity contribution in [3.05, 3.63) is 16.6 Å². The van der Waals surface area contributed by atoms with Gasteiger partial charge >= 0.3 is 0 Å². The molecule has 1 aromatic heterocycles. The van der Waals surface area contributed by atoms with Crippen LogP contribution in [0.2, 0.25) is 0 Å². The minimum Gasteiger partial charge on any atom is -0.342 e. The molecule has 3 rings (SSSR count). The molecule has 0 unspecified atom stereocenters. The van der Waals surface area contributed by atoms with Gasteiger partial charge in [0.2, 0.25) is 5.91 Å². The predicted octanol–water partition coefficient (Wildman–Crippen LogP) is 1.46. The Labute approximate surface area is 129 Å². The number of thiazole rings is 1. The third-order valence-electron chi connectivity index (χ3n) is 4.71. The highest BCUT2D eigenvalue weighted by Crippen LogP contribution is 2.36. The minimum atomic E-state index is -2.99. The fourth-order valence-corrected chi connectivity index (χ4v) is 5.80. The van der Waals surface area contributed by atoms with Crippen molar-refractivity contribution in [1.82, 2.24) is 9.88 Å². The van der Waals surface area contributed by atoms with E-state index < -0.39 is 9.84 Å². The molecule has 0 saturated carbocycles. The number of amides is 1. The molecule has 0 radical (unpaired) electrons. The van der Waals surface area contributed by atoms with Crippen molar-refractivity contribution in [3.8, 4) is 0 Å². The number of nitrogens with zero attached hydrogens (tertiary/aromatic N) is 2. The van der Waals surface area contributed by atoms with E-state index in [4.69, 9.17) is 0 Å². The van der Waals surface area contributed by atoms with Crippen LogP contribution in [0.15, 0.2) is 11.6 Å². The second-order valence-corrected chi connectivity index (χ2v) is 9.45. The molecule has 1 atom stereocenters. The molecular weight excluding hydrogens is 308 g/mol. The van der Waals surface area contributed by atoms with E-state index in [1.165, 1.54) is 0 Å². The van der Waals surface area contributed by atoms with Gasteiger partial charge in [-0.05, 0) is 19.3 Å². The zero-order valence-electron chi connectivity index (χ0n) is 12.1. The average molecular weight is 328 g/mol. The summed E-state index contributed by atoms with van der Waals surface area (Å²) in [6.45, 7) is 3.60. The van der Waals surface area contributed by atoms with E-state index in [1.807, 2.05) is 16.5 Å². The van der Waals surface area contributed by atoms with E-state index >= 15 is 0 Å². The maximum atomic E-state index is 12.4. The summed E-state index contributed by atoms with van der Waals surface area (Å²) in [6, 6.07) is 0. The Morgan fingerprint density at radius 2 is 2.14 bits per heavy atom. The number of sulfone groups is 1. The van der Waals surface area contributed by atoms with Gasteiger partial charge in [0.15, 0.2) is 9.84 Å². The van der Waals surface area contributed by atoms with Crippen LogP contribution in [0.4, 0.5) is 0 Å². The molecule has 0 bridgehead atoms. The van der Waals surface area contributed by atoms with Gasteiger partial charge in [0.25, 0.3) is 0 Å². The number of likely N-dealkylation sites (tertiary alicyclic amines) is 1. The van der Waals surface area contributed by atoms with Gasteiger partial charge < -0.3 is 4.90 Å². The second-order valence-electron chi connectivity index (χ2n) is 6.32. The molecule has 7 heteroatoms. The predicted molar refractivity (Wildman–Crippen MR) is 82.0 cm³/mol. The zero-order valence-corrected chi connectivity index (χ0v) is 13.8. The molecular formula is C14H20N2O3S2. The normalized spacial score (nSPS) is 27.7. The van der Waals surface area contributed by atoms with Crippen molar-refractivity contribution in [1.29, 1.82) is 0 Å². The molecule has 5 nitrogen and oxygen atoms in total. The van der Waals surface area contributed by atoms with Crippen molar-refractivity contribution >= 4 is 27.1 Å². The number of aromatic nitrogens is 1. The third-order valence-corrected chi connectivity index (χ3v) is 7.56. The molecule has 2 aliphatic heterocycles. The van der Waals surface area contributed by atoms with Crippen molar-refractivity contribution in [2.45, 2.75) is 31.6 Å². The third kappa shape index (κ3) is 2.99. The van der Waals surface area contributed by atoms with Crippen LogP contribution in [0.3, 0.4) is 0 Å². The van der Waals surface area contributed by atoms with Crippen molar-refractivity contribution in [2.75, 3.05) is 24.6 Å². The van der Waals surface area contributed by atoms with Gasteiger partial charge in [-0.2, -0.15) is 0 Å². The maximum Gasteiger partial charge on any atom is 0.226 e. The molecule has 0 aliphatic carbocycles. The summed E-state index contributed by atoms with van der Waals surface area (Å²) in [5, 5.41) is 3.12. The Balaban J connectivity index is 1.62. The molecule has 0 aromatic carbocycles. The monoisotopic (exact) mass is 328 g/mol. The first-order chi connectivity index (χ1) is 9.90. The largest absolute Gasteiger partial charge is 0.342 e. The van der Waals surface area contributed by atoms with Crippen molar-refractivity contribution < 1.29 is 13.2 Å². The van der Waals surface area contributed by atoms with Crippen molar-refractivity contribution in [3.63, 3.8) is 0 Å². The van der Waals surface area contributed by atoms with Crippen LogP contribution in [-0.4, -0.2) is 48.8 Å². The highest BCUT2D eigenvalue weighted by Gasteiger charge is 2.39. The molecule has 2 aliphatic rings. The SMILES string of the molecule is CC1(c2nccs2)CCN(C(=O)[C@@H]2CCS(=O)(=O)C2)CC1. The molecule has 0 spiro atoms. The topological polar surface area (TPSA) is 67.3 Å². The number of carbonyl (C=O) groups is 1. The lowest BCUT2D eigenvalue weighted by atomic mass is 9.80. The van der Waals surface area contributed by atoms with Crippen LogP contribution in [0, 0.1) is 5.92 Å². The molecule has 3 heterocycles. The van der Waals surface area contributed by atoms with E-state index in [-0.39, 0.29) is 28.7 Å². The Morgan fingerprint density at radius 3 is 2.67 bits per heavy atom. The van der Waals surface area contributed by atoms with Crippen LogP contribution in [0.1, 0.15) is 31.2 Å². The van der Waals surface area contributed by atoms with Crippen LogP contribution < -0.4 is 0 Å². The van der Waals surface area contributed by atoms with E-state index in [0.29, 0.717) is 19.5 Å². The molecule has 1 amide bonds. The number of hydrogen-bond acceptors (Lipinski definition) is 5. The van der Waals surface area contributed by atoms with E-state index in [9.17, 15) is 13.2 Å². The number of carbonyl (C=O) groups excluding carboxylic acids is 1. The fraction of sp³-hybridized carbons (Fsp3) is 0.714. The number of hydrogen-bond donors (Lipinski definition) is 0. The standard InChI is InChI=1S/C14H20N2O3S2/c1-14(13-15-5-8-20-13)3-6-16(7-4-14)12(17)11-2-9-21(18,19)10-11/h5,8,11H,2-4,6-7,9-10H2,1H3/t11-/m1/s1. The summed E-state index contributed by atoms with van der Waals surface area (Å²) in [5.74, 6) is -0.100. The van der Waals surface area contributed by atoms with Gasteiger partial charge in [0, 0.05) is 30.1 Å². The van der Waals surface area contributed by atoms with E-state index in [2.05, 4.69) is 11.9 Å². The van der Waals surface area contributed by atoms with E-state index in [1.54, 1.807) is 11.3 Å². The molecule has 21 heavy (non-hydrogen) atoms. The summed E-state index contributed by atoms with van der Waals surface area (Å²) in [4.78, 5) is 18.7. The van der Waals surface area contributed by atoms with Gasteiger partial charge in [-0.3, -0.25) is 4.79 Å². The fourth-order valence-electron chi connectivity index (χ4n) is 3.20. The lowest BCUT2D eigenvalue weighted by molar-refractivity contribution is -0.136. The number of piperidine rings is 1. The van der Waals surface area contributed by atoms with Gasteiger partial charge in [-0.15, -0.1) is 11.3 Å². The lowest BCUT2D eigenvalue weighted by Crippen LogP contribution is -2.46. The number of rotatable bonds is 2. The summed E-state index contributed by atoms with van der Waals surface area (Å²) < 4.78 is 23.0. The van der Waals surface area contributed by atoms with Crippen LogP contribution >= 0.6 is 11.3 Å². The molecule has 2 saturated heterocycles. The van der Waals surface area contributed by atoms with E-state index in [0.717, 1.165) is 17.8 Å². The first kappa shape index (κ1) is 15.0. The van der Waals surface area contributed by atoms with Crippen LogP contribution in [-0.2, 0) is 20.0 Å². The molecule has 116 valence electrons. The maximum absolute atomic E-state index is 12.4. The molecule has 0 N–H and O–H groups in total. The summed E-state index contributed by atoms with van der Waals surface area (Å²) in [7, 11) is -2.99. The van der Waals surface area contributed by atoms with Crippen LogP contribution in [0.25, 0.3) is 0 Å².